The number of carbonyl (C=O) groups is 2. The van der Waals surface area contributed by atoms with Crippen molar-refractivity contribution in [3.63, 3.8) is 0 Å². The average Bonchev–Trinajstić information content (AvgIpc) is 2.72. The number of carboxylic acid groups (broad SMARTS) is 1. The third kappa shape index (κ3) is 3.29. The van der Waals surface area contributed by atoms with E-state index in [4.69, 9.17) is 9.84 Å². The van der Waals surface area contributed by atoms with Crippen LogP contribution in [0.4, 0.5) is 19.3 Å². The number of halogens is 2. The first-order chi connectivity index (χ1) is 9.51. The van der Waals surface area contributed by atoms with Gasteiger partial charge in [0.25, 0.3) is 5.92 Å². The molecule has 0 aliphatic heterocycles. The lowest BCUT2D eigenvalue weighted by Crippen LogP contribution is -2.27. The lowest BCUT2D eigenvalue weighted by Gasteiger charge is -2.19. The van der Waals surface area contributed by atoms with Crippen molar-refractivity contribution in [1.29, 1.82) is 0 Å². The van der Waals surface area contributed by atoms with Gasteiger partial charge in [0.1, 0.15) is 11.6 Å². The van der Waals surface area contributed by atoms with Gasteiger partial charge < -0.3 is 9.84 Å². The van der Waals surface area contributed by atoms with E-state index in [-0.39, 0.29) is 5.69 Å². The van der Waals surface area contributed by atoms with Gasteiger partial charge in [-0.25, -0.2) is 23.1 Å². The Morgan fingerprint density at radius 1 is 1.52 bits per heavy atom. The Balaban J connectivity index is 2.21. The van der Waals surface area contributed by atoms with Gasteiger partial charge in [-0.15, -0.1) is 0 Å². The van der Waals surface area contributed by atoms with Crippen molar-refractivity contribution >= 4 is 17.7 Å². The van der Waals surface area contributed by atoms with Crippen molar-refractivity contribution in [2.24, 2.45) is 0 Å². The zero-order chi connectivity index (χ0) is 16.0. The predicted molar refractivity (Wildman–Crippen MR) is 67.6 cm³/mol. The van der Waals surface area contributed by atoms with Crippen LogP contribution in [0.5, 0.6) is 0 Å². The Bertz CT molecular complexity index is 592. The number of hydrogen-bond donors (Lipinski definition) is 2. The maximum Gasteiger partial charge on any atom is 0.412 e. The van der Waals surface area contributed by atoms with E-state index in [2.05, 4.69) is 10.4 Å². The Labute approximate surface area is 118 Å². The number of hydrogen-bond acceptors (Lipinski definition) is 4. The van der Waals surface area contributed by atoms with Crippen LogP contribution in [-0.4, -0.2) is 38.5 Å². The lowest BCUT2D eigenvalue weighted by molar-refractivity contribution is 0.0636. The van der Waals surface area contributed by atoms with Crippen molar-refractivity contribution in [1.82, 2.24) is 9.78 Å². The number of carboxylic acids is 1. The topological polar surface area (TPSA) is 93.5 Å². The predicted octanol–water partition coefficient (Wildman–Crippen LogP) is 2.51. The molecule has 1 atom stereocenters. The summed E-state index contributed by atoms with van der Waals surface area (Å²) in [5.41, 5.74) is -1.45. The van der Waals surface area contributed by atoms with Gasteiger partial charge in [0.15, 0.2) is 5.69 Å². The molecule has 1 aromatic rings. The molecule has 7 nitrogen and oxygen atoms in total. The quantitative estimate of drug-likeness (QED) is 0.895. The molecule has 116 valence electrons. The number of nitrogens with zero attached hydrogens (tertiary/aromatic N) is 2. The second kappa shape index (κ2) is 4.68. The molecule has 0 bridgehead atoms. The van der Waals surface area contributed by atoms with E-state index in [9.17, 15) is 18.4 Å². The number of amides is 1. The number of aromatic nitrogens is 2. The monoisotopic (exact) mass is 303 g/mol. The molecule has 2 rings (SSSR count). The van der Waals surface area contributed by atoms with E-state index in [1.54, 1.807) is 20.8 Å². The maximum atomic E-state index is 13.1. The van der Waals surface area contributed by atoms with Crippen LogP contribution in [0.1, 0.15) is 43.7 Å². The van der Waals surface area contributed by atoms with Gasteiger partial charge in [-0.3, -0.25) is 5.32 Å². The second-order valence-corrected chi connectivity index (χ2v) is 5.76. The number of alkyl halides is 2. The number of carbonyl (C=O) groups excluding carboxylic acids is 1. The number of aromatic carboxylic acids is 1. The van der Waals surface area contributed by atoms with Crippen LogP contribution in [0, 0.1) is 0 Å². The SMILES string of the molecule is CC(C)(C)OC(=O)Nc1cnn(C2CC2(F)F)c1C(=O)O. The molecule has 1 aliphatic rings. The molecule has 1 unspecified atom stereocenters. The minimum absolute atomic E-state index is 0.181. The van der Waals surface area contributed by atoms with Crippen molar-refractivity contribution < 1.29 is 28.2 Å². The average molecular weight is 303 g/mol. The van der Waals surface area contributed by atoms with Gasteiger partial charge in [0.2, 0.25) is 0 Å². The van der Waals surface area contributed by atoms with Crippen LogP contribution < -0.4 is 5.32 Å². The fourth-order valence-corrected chi connectivity index (χ4v) is 1.78. The van der Waals surface area contributed by atoms with Crippen LogP contribution >= 0.6 is 0 Å². The Kier molecular flexibility index (Phi) is 3.38. The first-order valence-electron chi connectivity index (χ1n) is 6.20. The fourth-order valence-electron chi connectivity index (χ4n) is 1.78. The molecule has 2 N–H and O–H groups in total. The summed E-state index contributed by atoms with van der Waals surface area (Å²) in [6.45, 7) is 4.91. The number of rotatable bonds is 3. The Hall–Kier alpha value is -2.19. The molecule has 0 spiro atoms. The molecule has 1 saturated carbocycles. The molecule has 1 heterocycles. The van der Waals surface area contributed by atoms with E-state index in [0.717, 1.165) is 10.9 Å². The molecule has 9 heteroatoms. The minimum Gasteiger partial charge on any atom is -0.476 e. The van der Waals surface area contributed by atoms with Gasteiger partial charge in [0, 0.05) is 6.42 Å². The molecule has 0 saturated heterocycles. The second-order valence-electron chi connectivity index (χ2n) is 5.76. The molecular weight excluding hydrogens is 288 g/mol. The summed E-state index contributed by atoms with van der Waals surface area (Å²) in [6.07, 6.45) is -0.338. The fraction of sp³-hybridized carbons (Fsp3) is 0.583. The molecule has 0 radical (unpaired) electrons. The molecule has 1 aliphatic carbocycles. The summed E-state index contributed by atoms with van der Waals surface area (Å²) in [6, 6.07) is -1.29. The Morgan fingerprint density at radius 2 is 2.10 bits per heavy atom. The van der Waals surface area contributed by atoms with E-state index in [1.807, 2.05) is 0 Å². The van der Waals surface area contributed by atoms with Gasteiger partial charge in [-0.2, -0.15) is 5.10 Å². The molecule has 1 fully saturated rings. The van der Waals surface area contributed by atoms with Crippen LogP contribution in [0.15, 0.2) is 6.20 Å². The van der Waals surface area contributed by atoms with Crippen molar-refractivity contribution in [3.05, 3.63) is 11.9 Å². The highest BCUT2D eigenvalue weighted by Gasteiger charge is 2.60. The van der Waals surface area contributed by atoms with Crippen LogP contribution in [0.25, 0.3) is 0 Å². The normalized spacial score (nSPS) is 20.0. The highest BCUT2D eigenvalue weighted by Crippen LogP contribution is 2.53. The zero-order valence-corrected chi connectivity index (χ0v) is 11.7. The number of nitrogens with one attached hydrogen (secondary N) is 1. The number of anilines is 1. The highest BCUT2D eigenvalue weighted by molar-refractivity contribution is 5.97. The zero-order valence-electron chi connectivity index (χ0n) is 11.7. The third-order valence-electron chi connectivity index (χ3n) is 2.72. The Morgan fingerprint density at radius 3 is 2.52 bits per heavy atom. The number of ether oxygens (including phenoxy) is 1. The summed E-state index contributed by atoms with van der Waals surface area (Å²) in [5.74, 6) is -4.43. The van der Waals surface area contributed by atoms with Crippen LogP contribution in [0.3, 0.4) is 0 Å². The molecule has 1 amide bonds. The van der Waals surface area contributed by atoms with E-state index < -0.39 is 41.7 Å². The van der Waals surface area contributed by atoms with Gasteiger partial charge in [-0.05, 0) is 20.8 Å². The third-order valence-corrected chi connectivity index (χ3v) is 2.72. The van der Waals surface area contributed by atoms with E-state index >= 15 is 0 Å². The highest BCUT2D eigenvalue weighted by atomic mass is 19.3. The first-order valence-corrected chi connectivity index (χ1v) is 6.20. The largest absolute Gasteiger partial charge is 0.476 e. The molecule has 21 heavy (non-hydrogen) atoms. The minimum atomic E-state index is -2.97. The summed E-state index contributed by atoms with van der Waals surface area (Å²) < 4.78 is 31.8. The maximum absolute atomic E-state index is 13.1. The summed E-state index contributed by atoms with van der Waals surface area (Å²) in [5, 5.41) is 15.0. The van der Waals surface area contributed by atoms with Gasteiger partial charge in [0.05, 0.1) is 11.9 Å². The van der Waals surface area contributed by atoms with Crippen LogP contribution in [-0.2, 0) is 4.74 Å². The van der Waals surface area contributed by atoms with E-state index in [0.29, 0.717) is 0 Å². The molecule has 1 aromatic heterocycles. The summed E-state index contributed by atoms with van der Waals surface area (Å²) in [7, 11) is 0. The smallest absolute Gasteiger partial charge is 0.412 e. The van der Waals surface area contributed by atoms with Gasteiger partial charge >= 0.3 is 12.1 Å². The first kappa shape index (κ1) is 15.2. The lowest BCUT2D eigenvalue weighted by atomic mass is 10.2. The van der Waals surface area contributed by atoms with Gasteiger partial charge in [-0.1, -0.05) is 0 Å². The van der Waals surface area contributed by atoms with Crippen LogP contribution in [0.2, 0.25) is 0 Å². The van der Waals surface area contributed by atoms with Crippen molar-refractivity contribution in [2.75, 3.05) is 5.32 Å². The standard InChI is InChI=1S/C12H15F2N3O4/c1-11(2,3)21-10(20)16-6-5-15-17(8(6)9(18)19)7-4-12(7,13)14/h5,7H,4H2,1-3H3,(H,16,20)(H,18,19). The molecule has 0 aromatic carbocycles. The van der Waals surface area contributed by atoms with Crippen molar-refractivity contribution in [3.8, 4) is 0 Å². The van der Waals surface area contributed by atoms with E-state index in [1.165, 1.54) is 0 Å². The summed E-state index contributed by atoms with van der Waals surface area (Å²) in [4.78, 5) is 22.8. The van der Waals surface area contributed by atoms with Crippen molar-refractivity contribution in [2.45, 2.75) is 44.8 Å². The molecular formula is C12H15F2N3O4. The summed E-state index contributed by atoms with van der Waals surface area (Å²) >= 11 is 0.